The van der Waals surface area contributed by atoms with Gasteiger partial charge in [0.15, 0.2) is 0 Å². The Morgan fingerprint density at radius 2 is 1.93 bits per heavy atom. The van der Waals surface area contributed by atoms with Crippen molar-refractivity contribution in [3.05, 3.63) is 59.6 Å². The summed E-state index contributed by atoms with van der Waals surface area (Å²) < 4.78 is 2.04. The van der Waals surface area contributed by atoms with Crippen LogP contribution < -0.4 is 0 Å². The van der Waals surface area contributed by atoms with Crippen molar-refractivity contribution in [3.8, 4) is 33.9 Å². The van der Waals surface area contributed by atoms with Crippen molar-refractivity contribution >= 4 is 33.1 Å². The van der Waals surface area contributed by atoms with Crippen LogP contribution >= 0.6 is 11.3 Å². The maximum atomic E-state index is 4.60. The molecule has 6 heterocycles. The van der Waals surface area contributed by atoms with Crippen molar-refractivity contribution in [1.82, 2.24) is 34.7 Å². The molecule has 0 aromatic carbocycles. The highest BCUT2D eigenvalue weighted by atomic mass is 32.1. The van der Waals surface area contributed by atoms with Crippen LogP contribution in [0.3, 0.4) is 0 Å². The van der Waals surface area contributed by atoms with Gasteiger partial charge in [-0.3, -0.25) is 15.1 Å². The van der Waals surface area contributed by atoms with Crippen LogP contribution in [0.25, 0.3) is 55.7 Å². The molecule has 0 unspecified atom stereocenters. The van der Waals surface area contributed by atoms with E-state index >= 15 is 0 Å². The molecule has 8 heteroatoms. The molecule has 7 nitrogen and oxygen atoms in total. The number of nitrogens with one attached hydrogen (secondary N) is 2. The zero-order valence-corrected chi connectivity index (χ0v) is 17.2. The van der Waals surface area contributed by atoms with Gasteiger partial charge in [0.25, 0.3) is 0 Å². The van der Waals surface area contributed by atoms with Crippen LogP contribution in [0.1, 0.15) is 5.82 Å². The van der Waals surface area contributed by atoms with Gasteiger partial charge in [-0.1, -0.05) is 0 Å². The molecule has 0 radical (unpaired) electrons. The molecule has 0 aliphatic heterocycles. The Balaban J connectivity index is 1.53. The molecule has 0 atom stereocenters. The zero-order chi connectivity index (χ0) is 20.2. The topological polar surface area (TPSA) is 88.1 Å². The van der Waals surface area contributed by atoms with Crippen LogP contribution in [-0.2, 0) is 7.05 Å². The second-order valence-electron chi connectivity index (χ2n) is 7.28. The Kier molecular flexibility index (Phi) is 3.63. The molecule has 6 aromatic rings. The average molecular weight is 411 g/mol. The minimum absolute atomic E-state index is 0.861. The van der Waals surface area contributed by atoms with E-state index in [1.54, 1.807) is 11.3 Å². The molecule has 146 valence electrons. The lowest BCUT2D eigenvalue weighted by molar-refractivity contribution is 0.862. The molecule has 0 saturated heterocycles. The standard InChI is InChI=1S/C22H17N7S/c1-12-24-10-21(29(12)2)17-6-15-20(9-25-17)27-28-22(15)18-5-14-16(13-3-4-30-11-13)7-23-8-19(14)26-18/h3-11,26H,1-2H3,(H,27,28). The third-order valence-electron chi connectivity index (χ3n) is 5.56. The number of fused-ring (bicyclic) bond motifs is 2. The van der Waals surface area contributed by atoms with E-state index in [-0.39, 0.29) is 0 Å². The van der Waals surface area contributed by atoms with Crippen molar-refractivity contribution in [2.24, 2.45) is 7.05 Å². The first-order chi connectivity index (χ1) is 14.7. The summed E-state index contributed by atoms with van der Waals surface area (Å²) in [6.45, 7) is 1.98. The molecule has 0 bridgehead atoms. The van der Waals surface area contributed by atoms with Gasteiger partial charge in [-0.25, -0.2) is 4.98 Å². The normalized spacial score (nSPS) is 11.7. The van der Waals surface area contributed by atoms with Gasteiger partial charge < -0.3 is 9.55 Å². The van der Waals surface area contributed by atoms with Crippen molar-refractivity contribution in [3.63, 3.8) is 0 Å². The molecule has 0 saturated carbocycles. The van der Waals surface area contributed by atoms with Gasteiger partial charge in [0, 0.05) is 29.6 Å². The lowest BCUT2D eigenvalue weighted by atomic mass is 10.1. The van der Waals surface area contributed by atoms with Gasteiger partial charge in [0.2, 0.25) is 0 Å². The van der Waals surface area contributed by atoms with Crippen LogP contribution in [0.5, 0.6) is 0 Å². The van der Waals surface area contributed by atoms with Crippen LogP contribution in [0.15, 0.2) is 53.7 Å². The zero-order valence-electron chi connectivity index (χ0n) is 16.3. The first kappa shape index (κ1) is 17.1. The highest BCUT2D eigenvalue weighted by Crippen LogP contribution is 2.34. The molecule has 0 fully saturated rings. The molecule has 6 rings (SSSR count). The average Bonchev–Trinajstić information content (AvgIpc) is 3.54. The second kappa shape index (κ2) is 6.36. The Morgan fingerprint density at radius 3 is 2.73 bits per heavy atom. The van der Waals surface area contributed by atoms with Gasteiger partial charge in [-0.2, -0.15) is 16.4 Å². The minimum Gasteiger partial charge on any atom is -0.352 e. The van der Waals surface area contributed by atoms with Crippen LogP contribution in [0.4, 0.5) is 0 Å². The summed E-state index contributed by atoms with van der Waals surface area (Å²) in [5.74, 6) is 0.948. The van der Waals surface area contributed by atoms with Crippen molar-refractivity contribution in [2.45, 2.75) is 6.92 Å². The SMILES string of the molecule is Cc1ncc(-c2cc3c(-c4cc5c(-c6ccsc6)cncc5[nH]4)n[nH]c3cn2)n1C. The van der Waals surface area contributed by atoms with E-state index in [9.17, 15) is 0 Å². The molecule has 2 N–H and O–H groups in total. The summed E-state index contributed by atoms with van der Waals surface area (Å²) in [6.07, 6.45) is 7.45. The number of aromatic amines is 2. The van der Waals surface area contributed by atoms with E-state index < -0.39 is 0 Å². The smallest absolute Gasteiger partial charge is 0.116 e. The summed E-state index contributed by atoms with van der Waals surface area (Å²) >= 11 is 1.68. The van der Waals surface area contributed by atoms with Crippen LogP contribution in [-0.4, -0.2) is 34.7 Å². The van der Waals surface area contributed by atoms with E-state index in [4.69, 9.17) is 0 Å². The third-order valence-corrected chi connectivity index (χ3v) is 6.25. The van der Waals surface area contributed by atoms with Crippen molar-refractivity contribution in [1.29, 1.82) is 0 Å². The molecule has 0 aliphatic carbocycles. The monoisotopic (exact) mass is 411 g/mol. The highest BCUT2D eigenvalue weighted by molar-refractivity contribution is 7.08. The minimum atomic E-state index is 0.861. The fourth-order valence-electron chi connectivity index (χ4n) is 3.83. The van der Waals surface area contributed by atoms with E-state index in [1.807, 2.05) is 43.3 Å². The summed E-state index contributed by atoms with van der Waals surface area (Å²) in [7, 11) is 2.00. The molecule has 0 spiro atoms. The Hall–Kier alpha value is -3.78. The molecular formula is C22H17N7S. The number of aromatic nitrogens is 7. The number of aryl methyl sites for hydroxylation is 1. The fourth-order valence-corrected chi connectivity index (χ4v) is 4.48. The second-order valence-corrected chi connectivity index (χ2v) is 8.06. The molecule has 30 heavy (non-hydrogen) atoms. The Labute approximate surface area is 175 Å². The number of rotatable bonds is 3. The van der Waals surface area contributed by atoms with E-state index in [0.29, 0.717) is 0 Å². The predicted molar refractivity (Wildman–Crippen MR) is 119 cm³/mol. The Bertz CT molecular complexity index is 1520. The predicted octanol–water partition coefficient (Wildman–Crippen LogP) is 4.94. The highest BCUT2D eigenvalue weighted by Gasteiger charge is 2.16. The maximum Gasteiger partial charge on any atom is 0.116 e. The van der Waals surface area contributed by atoms with Gasteiger partial charge in [-0.15, -0.1) is 0 Å². The van der Waals surface area contributed by atoms with Gasteiger partial charge >= 0.3 is 0 Å². The van der Waals surface area contributed by atoms with Gasteiger partial charge in [0.05, 0.1) is 46.7 Å². The van der Waals surface area contributed by atoms with Gasteiger partial charge in [-0.05, 0) is 41.4 Å². The van der Waals surface area contributed by atoms with Crippen LogP contribution in [0, 0.1) is 6.92 Å². The first-order valence-electron chi connectivity index (χ1n) is 9.51. The van der Waals surface area contributed by atoms with Crippen molar-refractivity contribution < 1.29 is 0 Å². The summed E-state index contributed by atoms with van der Waals surface area (Å²) in [6, 6.07) is 6.33. The number of nitrogens with zero attached hydrogens (tertiary/aromatic N) is 5. The number of hydrogen-bond acceptors (Lipinski definition) is 5. The lowest BCUT2D eigenvalue weighted by Gasteiger charge is -2.03. The first-order valence-corrected chi connectivity index (χ1v) is 10.5. The number of thiophene rings is 1. The molecule has 0 amide bonds. The summed E-state index contributed by atoms with van der Waals surface area (Å²) in [5, 5.41) is 14.0. The van der Waals surface area contributed by atoms with E-state index in [0.717, 1.165) is 56.0 Å². The molecule has 6 aromatic heterocycles. The van der Waals surface area contributed by atoms with Gasteiger partial charge in [0.1, 0.15) is 11.5 Å². The lowest BCUT2D eigenvalue weighted by Crippen LogP contribution is -1.95. The number of pyridine rings is 2. The Morgan fingerprint density at radius 1 is 1.00 bits per heavy atom. The largest absolute Gasteiger partial charge is 0.352 e. The van der Waals surface area contributed by atoms with E-state index in [2.05, 4.69) is 59.1 Å². The number of H-pyrrole nitrogens is 2. The third kappa shape index (κ3) is 2.50. The van der Waals surface area contributed by atoms with Crippen LogP contribution in [0.2, 0.25) is 0 Å². The molecule has 0 aliphatic rings. The quantitative estimate of drug-likeness (QED) is 0.432. The number of hydrogen-bond donors (Lipinski definition) is 2. The summed E-state index contributed by atoms with van der Waals surface area (Å²) in [4.78, 5) is 16.9. The maximum absolute atomic E-state index is 4.60. The molecular weight excluding hydrogens is 394 g/mol. The summed E-state index contributed by atoms with van der Waals surface area (Å²) in [5.41, 5.74) is 7.81. The number of imidazole rings is 1. The fraction of sp³-hybridized carbons (Fsp3) is 0.0909. The van der Waals surface area contributed by atoms with Crippen molar-refractivity contribution in [2.75, 3.05) is 0 Å². The van der Waals surface area contributed by atoms with E-state index in [1.165, 1.54) is 5.56 Å².